The molecule has 0 N–H and O–H groups in total. The minimum Gasteiger partial charge on any atom is -0.461 e. The number of hydrogen-bond acceptors (Lipinski definition) is 10. The smallest absolute Gasteiger partial charge is 0.241 e. The molecule has 0 saturated heterocycles. The van der Waals surface area contributed by atoms with Gasteiger partial charge < -0.3 is 17.9 Å². The molecule has 4 aromatic rings. The molecule has 1 fully saturated rings. The van der Waals surface area contributed by atoms with Gasteiger partial charge in [0.25, 0.3) is 0 Å². The van der Waals surface area contributed by atoms with Crippen LogP contribution in [0.3, 0.4) is 0 Å². The molecule has 10 nitrogen and oxygen atoms in total. The molecule has 0 radical (unpaired) electrons. The molecule has 0 amide bonds. The standard InChI is InChI=1S/C22H26N6O4/c1-27(13-19-23-21(25-31-19)17-9-5-11-29-17)15-7-3-4-8-16(15)28(2)14-20-24-22(26-32-20)18-10-6-12-30-18/h5-6,9-12,15-16H,3-4,7-8,13-14H2,1-2H3/t15-,16-/m0/s1. The van der Waals surface area contributed by atoms with E-state index in [0.29, 0.717) is 60.1 Å². The third-order valence-corrected chi connectivity index (χ3v) is 6.01. The molecule has 32 heavy (non-hydrogen) atoms. The van der Waals surface area contributed by atoms with Crippen molar-refractivity contribution in [1.29, 1.82) is 0 Å². The molecule has 0 bridgehead atoms. The molecule has 2 atom stereocenters. The second kappa shape index (κ2) is 9.09. The fourth-order valence-corrected chi connectivity index (χ4v) is 4.43. The fourth-order valence-electron chi connectivity index (χ4n) is 4.43. The van der Waals surface area contributed by atoms with Crippen LogP contribution in [-0.2, 0) is 13.1 Å². The van der Waals surface area contributed by atoms with E-state index < -0.39 is 0 Å². The Bertz CT molecular complexity index is 1020. The van der Waals surface area contributed by atoms with Gasteiger partial charge in [0.05, 0.1) is 25.6 Å². The van der Waals surface area contributed by atoms with Crippen LogP contribution in [0, 0.1) is 0 Å². The van der Waals surface area contributed by atoms with Gasteiger partial charge in [-0.1, -0.05) is 23.2 Å². The summed E-state index contributed by atoms with van der Waals surface area (Å²) < 4.78 is 21.6. The van der Waals surface area contributed by atoms with Gasteiger partial charge >= 0.3 is 0 Å². The minimum absolute atomic E-state index is 0.347. The van der Waals surface area contributed by atoms with Crippen LogP contribution in [0.2, 0.25) is 0 Å². The van der Waals surface area contributed by atoms with Gasteiger partial charge in [0.1, 0.15) is 0 Å². The van der Waals surface area contributed by atoms with Crippen LogP contribution in [0.5, 0.6) is 0 Å². The zero-order valence-corrected chi connectivity index (χ0v) is 18.2. The number of nitrogens with zero attached hydrogens (tertiary/aromatic N) is 6. The first-order valence-electron chi connectivity index (χ1n) is 10.8. The van der Waals surface area contributed by atoms with Crippen molar-refractivity contribution in [3.05, 3.63) is 48.6 Å². The molecule has 4 heterocycles. The summed E-state index contributed by atoms with van der Waals surface area (Å²) in [7, 11) is 4.21. The molecule has 1 aliphatic rings. The normalized spacial score (nSPS) is 19.2. The van der Waals surface area contributed by atoms with Crippen LogP contribution in [0.15, 0.2) is 54.7 Å². The van der Waals surface area contributed by atoms with Crippen LogP contribution in [0.4, 0.5) is 0 Å². The zero-order valence-electron chi connectivity index (χ0n) is 18.2. The Morgan fingerprint density at radius 3 is 1.66 bits per heavy atom. The maximum absolute atomic E-state index is 5.46. The lowest BCUT2D eigenvalue weighted by atomic mass is 9.88. The van der Waals surface area contributed by atoms with Crippen molar-refractivity contribution in [2.45, 2.75) is 50.9 Å². The van der Waals surface area contributed by atoms with E-state index in [4.69, 9.17) is 17.9 Å². The van der Waals surface area contributed by atoms with Gasteiger partial charge in [0.15, 0.2) is 11.5 Å². The molecule has 1 saturated carbocycles. The minimum atomic E-state index is 0.347. The van der Waals surface area contributed by atoms with Gasteiger partial charge in [-0.25, -0.2) is 0 Å². The largest absolute Gasteiger partial charge is 0.461 e. The first kappa shape index (κ1) is 20.7. The predicted molar refractivity (Wildman–Crippen MR) is 113 cm³/mol. The average molecular weight is 438 g/mol. The number of rotatable bonds is 8. The van der Waals surface area contributed by atoms with Gasteiger partial charge in [-0.15, -0.1) is 0 Å². The highest BCUT2D eigenvalue weighted by Gasteiger charge is 2.32. The maximum atomic E-state index is 5.46. The Hall–Kier alpha value is -3.24. The van der Waals surface area contributed by atoms with Crippen molar-refractivity contribution in [2.24, 2.45) is 0 Å². The summed E-state index contributed by atoms with van der Waals surface area (Å²) in [5.41, 5.74) is 0. The SMILES string of the molecule is CN(Cc1nc(-c2ccco2)no1)[C@H]1CCCC[C@@H]1N(C)Cc1nc(-c2ccco2)no1. The van der Waals surface area contributed by atoms with Gasteiger partial charge in [0, 0.05) is 12.1 Å². The number of hydrogen-bond donors (Lipinski definition) is 0. The number of furan rings is 2. The Kier molecular flexibility index (Phi) is 5.87. The van der Waals surface area contributed by atoms with Crippen LogP contribution >= 0.6 is 0 Å². The molecule has 0 aromatic carbocycles. The van der Waals surface area contributed by atoms with Crippen LogP contribution in [0.1, 0.15) is 37.5 Å². The molecule has 0 unspecified atom stereocenters. The van der Waals surface area contributed by atoms with E-state index in [9.17, 15) is 0 Å². The molecule has 0 aliphatic heterocycles. The van der Waals surface area contributed by atoms with Crippen molar-refractivity contribution in [3.8, 4) is 23.2 Å². The lowest BCUT2D eigenvalue weighted by Gasteiger charge is -2.41. The van der Waals surface area contributed by atoms with E-state index >= 15 is 0 Å². The zero-order chi connectivity index (χ0) is 21.9. The number of likely N-dealkylation sites (N-methyl/N-ethyl adjacent to an activating group) is 2. The average Bonchev–Trinajstić information content (AvgIpc) is 3.61. The highest BCUT2D eigenvalue weighted by atomic mass is 16.5. The second-order valence-electron chi connectivity index (χ2n) is 8.23. The van der Waals surface area contributed by atoms with E-state index in [0.717, 1.165) is 12.8 Å². The van der Waals surface area contributed by atoms with E-state index in [1.54, 1.807) is 24.7 Å². The lowest BCUT2D eigenvalue weighted by Crippen LogP contribution is -2.50. The first-order valence-corrected chi connectivity index (χ1v) is 10.8. The fraction of sp³-hybridized carbons (Fsp3) is 0.455. The van der Waals surface area contributed by atoms with Gasteiger partial charge in [0.2, 0.25) is 23.4 Å². The molecule has 5 rings (SSSR count). The summed E-state index contributed by atoms with van der Waals surface area (Å²) in [6.07, 6.45) is 7.80. The third-order valence-electron chi connectivity index (χ3n) is 6.01. The van der Waals surface area contributed by atoms with E-state index in [1.165, 1.54) is 12.8 Å². The second-order valence-corrected chi connectivity index (χ2v) is 8.23. The van der Waals surface area contributed by atoms with Crippen LogP contribution in [0.25, 0.3) is 23.2 Å². The van der Waals surface area contributed by atoms with Crippen LogP contribution in [-0.4, -0.2) is 56.3 Å². The van der Waals surface area contributed by atoms with Gasteiger partial charge in [-0.05, 0) is 51.2 Å². The topological polar surface area (TPSA) is 111 Å². The van der Waals surface area contributed by atoms with E-state index in [1.807, 2.05) is 12.1 Å². The summed E-state index contributed by atoms with van der Waals surface area (Å²) in [5, 5.41) is 8.08. The van der Waals surface area contributed by atoms with Gasteiger partial charge in [-0.2, -0.15) is 9.97 Å². The number of aromatic nitrogens is 4. The highest BCUT2D eigenvalue weighted by Crippen LogP contribution is 2.28. The van der Waals surface area contributed by atoms with Crippen LogP contribution < -0.4 is 0 Å². The summed E-state index contributed by atoms with van der Waals surface area (Å²) >= 11 is 0. The molecule has 0 spiro atoms. The summed E-state index contributed by atoms with van der Waals surface area (Å²) in [5.74, 6) is 3.30. The highest BCUT2D eigenvalue weighted by molar-refractivity contribution is 5.45. The molecular weight excluding hydrogens is 412 g/mol. The van der Waals surface area contributed by atoms with Gasteiger partial charge in [-0.3, -0.25) is 9.80 Å². The first-order chi connectivity index (χ1) is 15.7. The Balaban J connectivity index is 1.24. The van der Waals surface area contributed by atoms with Crippen molar-refractivity contribution < 1.29 is 17.9 Å². The third kappa shape index (κ3) is 4.37. The maximum Gasteiger partial charge on any atom is 0.241 e. The van der Waals surface area contributed by atoms with Crippen molar-refractivity contribution in [1.82, 2.24) is 30.1 Å². The quantitative estimate of drug-likeness (QED) is 0.402. The van der Waals surface area contributed by atoms with Crippen molar-refractivity contribution >= 4 is 0 Å². The lowest BCUT2D eigenvalue weighted by molar-refractivity contribution is 0.0581. The van der Waals surface area contributed by atoms with E-state index in [2.05, 4.69) is 44.2 Å². The Morgan fingerprint density at radius 1 is 0.781 bits per heavy atom. The summed E-state index contributed by atoms with van der Waals surface area (Å²) in [4.78, 5) is 13.6. The molecular formula is C22H26N6O4. The van der Waals surface area contributed by atoms with E-state index in [-0.39, 0.29) is 0 Å². The molecule has 1 aliphatic carbocycles. The summed E-state index contributed by atoms with van der Waals surface area (Å²) in [6.45, 7) is 1.15. The molecule has 168 valence electrons. The van der Waals surface area contributed by atoms with Crippen molar-refractivity contribution in [3.63, 3.8) is 0 Å². The van der Waals surface area contributed by atoms with Crippen molar-refractivity contribution in [2.75, 3.05) is 14.1 Å². The Morgan fingerprint density at radius 2 is 1.25 bits per heavy atom. The Labute approximate surface area is 185 Å². The monoisotopic (exact) mass is 438 g/mol. The summed E-state index contributed by atoms with van der Waals surface area (Å²) in [6, 6.07) is 7.95. The predicted octanol–water partition coefficient (Wildman–Crippen LogP) is 3.85. The molecule has 4 aromatic heterocycles. The molecule has 10 heteroatoms.